The minimum absolute atomic E-state index is 0.0707. The zero-order valence-electron chi connectivity index (χ0n) is 16.3. The van der Waals surface area contributed by atoms with Gasteiger partial charge in [0.05, 0.1) is 18.1 Å². The molecule has 0 aliphatic heterocycles. The van der Waals surface area contributed by atoms with E-state index in [1.807, 2.05) is 0 Å². The summed E-state index contributed by atoms with van der Waals surface area (Å²) in [5.41, 5.74) is -0.0418. The summed E-state index contributed by atoms with van der Waals surface area (Å²) in [6, 6.07) is 6.05. The topological polar surface area (TPSA) is 66.4 Å². The van der Waals surface area contributed by atoms with Gasteiger partial charge in [-0.3, -0.25) is 0 Å². The molecule has 0 radical (unpaired) electrons. The second kappa shape index (κ2) is 13.4. The number of carboxylic acid groups (broad SMARTS) is 1. The van der Waals surface area contributed by atoms with Crippen molar-refractivity contribution in [3.05, 3.63) is 35.4 Å². The van der Waals surface area contributed by atoms with E-state index in [4.69, 9.17) is 4.74 Å². The predicted molar refractivity (Wildman–Crippen MR) is 102 cm³/mol. The first-order chi connectivity index (χ1) is 12.6. The number of unbranched alkanes of at least 4 members (excludes halogenated alkanes) is 6. The van der Waals surface area contributed by atoms with Gasteiger partial charge >= 0.3 is 5.97 Å². The third kappa shape index (κ3) is 8.50. The number of rotatable bonds is 14. The zero-order valence-corrected chi connectivity index (χ0v) is 16.3. The van der Waals surface area contributed by atoms with Crippen molar-refractivity contribution in [2.75, 3.05) is 6.61 Å². The number of carboxylic acids is 1. The lowest BCUT2D eigenvalue weighted by molar-refractivity contribution is -0.255. The monoisotopic (exact) mass is 361 g/mol. The standard InChI is InChI=1S/C22H34O4/c1-3-5-7-8-9-10-14-18(13-6-4-2)17-26-22(25)20-16-12-11-15-19(20)21(23)24/h11-12,15-16,18H,3-10,13-14,17H2,1-2H3,(H,23,24)/p-1. The van der Waals surface area contributed by atoms with Crippen LogP contribution in [0.4, 0.5) is 0 Å². The molecule has 1 aromatic carbocycles. The Balaban J connectivity index is 2.49. The summed E-state index contributed by atoms with van der Waals surface area (Å²) in [5, 5.41) is 11.1. The number of esters is 1. The maximum absolute atomic E-state index is 12.3. The Morgan fingerprint density at radius 1 is 0.885 bits per heavy atom. The molecular weight excluding hydrogens is 328 g/mol. The third-order valence-corrected chi connectivity index (χ3v) is 4.75. The number of carbonyl (C=O) groups is 2. The van der Waals surface area contributed by atoms with Gasteiger partial charge in [0.25, 0.3) is 0 Å². The van der Waals surface area contributed by atoms with Crippen molar-refractivity contribution >= 4 is 11.9 Å². The summed E-state index contributed by atoms with van der Waals surface area (Å²) >= 11 is 0. The van der Waals surface area contributed by atoms with E-state index >= 15 is 0 Å². The largest absolute Gasteiger partial charge is 0.545 e. The second-order valence-electron chi connectivity index (χ2n) is 7.00. The van der Waals surface area contributed by atoms with Crippen LogP contribution in [0.1, 0.15) is 98.8 Å². The van der Waals surface area contributed by atoms with E-state index in [1.165, 1.54) is 44.2 Å². The maximum Gasteiger partial charge on any atom is 0.338 e. The predicted octanol–water partition coefficient (Wildman–Crippen LogP) is 4.76. The van der Waals surface area contributed by atoms with E-state index in [2.05, 4.69) is 13.8 Å². The van der Waals surface area contributed by atoms with Crippen molar-refractivity contribution in [2.24, 2.45) is 5.92 Å². The number of benzene rings is 1. The van der Waals surface area contributed by atoms with Crippen LogP contribution < -0.4 is 5.11 Å². The smallest absolute Gasteiger partial charge is 0.338 e. The first-order valence-electron chi connectivity index (χ1n) is 10.1. The number of hydrogen-bond donors (Lipinski definition) is 0. The molecule has 146 valence electrons. The van der Waals surface area contributed by atoms with Crippen LogP contribution >= 0.6 is 0 Å². The second-order valence-corrected chi connectivity index (χ2v) is 7.00. The van der Waals surface area contributed by atoms with Crippen molar-refractivity contribution in [2.45, 2.75) is 78.1 Å². The van der Waals surface area contributed by atoms with Crippen molar-refractivity contribution in [1.29, 1.82) is 0 Å². The lowest BCUT2D eigenvalue weighted by atomic mass is 9.95. The molecule has 4 heteroatoms. The summed E-state index contributed by atoms with van der Waals surface area (Å²) < 4.78 is 5.44. The van der Waals surface area contributed by atoms with Gasteiger partial charge in [0.15, 0.2) is 0 Å². The molecule has 0 spiro atoms. The quantitative estimate of drug-likeness (QED) is 0.354. The summed E-state index contributed by atoms with van der Waals surface area (Å²) in [6.45, 7) is 4.73. The van der Waals surface area contributed by atoms with Crippen molar-refractivity contribution < 1.29 is 19.4 Å². The molecule has 4 nitrogen and oxygen atoms in total. The SMILES string of the molecule is CCCCCCCCC(CCCC)COC(=O)c1ccccc1C(=O)[O-]. The van der Waals surface area contributed by atoms with Gasteiger partial charge in [-0.15, -0.1) is 0 Å². The van der Waals surface area contributed by atoms with Crippen molar-refractivity contribution in [3.8, 4) is 0 Å². The molecule has 0 saturated carbocycles. The van der Waals surface area contributed by atoms with Crippen LogP contribution in [0.3, 0.4) is 0 Å². The van der Waals surface area contributed by atoms with Gasteiger partial charge in [0.2, 0.25) is 0 Å². The van der Waals surface area contributed by atoms with Crippen LogP contribution in [0.5, 0.6) is 0 Å². The third-order valence-electron chi connectivity index (χ3n) is 4.75. The Bertz CT molecular complexity index is 539. The van der Waals surface area contributed by atoms with Crippen molar-refractivity contribution in [1.82, 2.24) is 0 Å². The lowest BCUT2D eigenvalue weighted by Crippen LogP contribution is -2.25. The fourth-order valence-corrected chi connectivity index (χ4v) is 3.13. The highest BCUT2D eigenvalue weighted by atomic mass is 16.5. The van der Waals surface area contributed by atoms with Gasteiger partial charge in [0, 0.05) is 5.56 Å². The molecule has 0 fully saturated rings. The Morgan fingerprint density at radius 2 is 1.46 bits per heavy atom. The molecule has 1 aromatic rings. The minimum atomic E-state index is -1.35. The van der Waals surface area contributed by atoms with Gasteiger partial charge < -0.3 is 14.6 Å². The van der Waals surface area contributed by atoms with E-state index in [0.29, 0.717) is 12.5 Å². The van der Waals surface area contributed by atoms with Crippen LogP contribution in [-0.4, -0.2) is 18.5 Å². The first-order valence-corrected chi connectivity index (χ1v) is 10.1. The Hall–Kier alpha value is -1.84. The van der Waals surface area contributed by atoms with Gasteiger partial charge in [0.1, 0.15) is 0 Å². The fourth-order valence-electron chi connectivity index (χ4n) is 3.13. The maximum atomic E-state index is 12.3. The van der Waals surface area contributed by atoms with E-state index in [-0.39, 0.29) is 11.1 Å². The molecule has 1 atom stereocenters. The lowest BCUT2D eigenvalue weighted by Gasteiger charge is -2.17. The highest BCUT2D eigenvalue weighted by Crippen LogP contribution is 2.19. The molecular formula is C22H33O4-. The summed E-state index contributed by atoms with van der Waals surface area (Å²) in [4.78, 5) is 23.4. The molecule has 0 N–H and O–H groups in total. The number of aromatic carboxylic acids is 1. The molecule has 0 amide bonds. The van der Waals surface area contributed by atoms with Crippen LogP contribution in [0.25, 0.3) is 0 Å². The summed E-state index contributed by atoms with van der Waals surface area (Å²) in [7, 11) is 0. The molecule has 26 heavy (non-hydrogen) atoms. The highest BCUT2D eigenvalue weighted by Gasteiger charge is 2.16. The van der Waals surface area contributed by atoms with E-state index in [1.54, 1.807) is 12.1 Å². The Labute approximate surface area is 158 Å². The fraction of sp³-hybridized carbons (Fsp3) is 0.636. The molecule has 0 aliphatic carbocycles. The highest BCUT2D eigenvalue weighted by molar-refractivity contribution is 6.01. The Morgan fingerprint density at radius 3 is 2.12 bits per heavy atom. The van der Waals surface area contributed by atoms with E-state index in [0.717, 1.165) is 32.1 Å². The zero-order chi connectivity index (χ0) is 19.2. The average molecular weight is 362 g/mol. The average Bonchev–Trinajstić information content (AvgIpc) is 2.65. The molecule has 0 aromatic heterocycles. The van der Waals surface area contributed by atoms with Gasteiger partial charge in [-0.1, -0.05) is 83.4 Å². The van der Waals surface area contributed by atoms with Gasteiger partial charge in [-0.25, -0.2) is 4.79 Å². The molecule has 0 heterocycles. The first kappa shape index (κ1) is 22.2. The van der Waals surface area contributed by atoms with E-state index in [9.17, 15) is 14.7 Å². The van der Waals surface area contributed by atoms with Gasteiger partial charge in [-0.05, 0) is 24.8 Å². The van der Waals surface area contributed by atoms with Crippen LogP contribution in [-0.2, 0) is 4.74 Å². The summed E-state index contributed by atoms with van der Waals surface area (Å²) in [5.74, 6) is -1.58. The molecule has 1 rings (SSSR count). The normalized spacial score (nSPS) is 11.9. The minimum Gasteiger partial charge on any atom is -0.545 e. The number of carbonyl (C=O) groups excluding carboxylic acids is 2. The molecule has 0 aliphatic rings. The van der Waals surface area contributed by atoms with E-state index < -0.39 is 11.9 Å². The number of ether oxygens (including phenoxy) is 1. The molecule has 0 saturated heterocycles. The van der Waals surface area contributed by atoms with Crippen LogP contribution in [0.2, 0.25) is 0 Å². The van der Waals surface area contributed by atoms with Crippen LogP contribution in [0, 0.1) is 5.92 Å². The Kier molecular flexibility index (Phi) is 11.4. The molecule has 1 unspecified atom stereocenters. The van der Waals surface area contributed by atoms with Gasteiger partial charge in [-0.2, -0.15) is 0 Å². The van der Waals surface area contributed by atoms with Crippen LogP contribution in [0.15, 0.2) is 24.3 Å². The van der Waals surface area contributed by atoms with Crippen molar-refractivity contribution in [3.63, 3.8) is 0 Å². The number of hydrogen-bond acceptors (Lipinski definition) is 4. The summed E-state index contributed by atoms with van der Waals surface area (Å²) in [6.07, 6.45) is 11.8. The molecule has 0 bridgehead atoms.